The molecule has 23 heavy (non-hydrogen) atoms. The van der Waals surface area contributed by atoms with Gasteiger partial charge in [0.1, 0.15) is 11.5 Å². The van der Waals surface area contributed by atoms with Crippen molar-refractivity contribution in [2.75, 3.05) is 6.61 Å². The lowest BCUT2D eigenvalue weighted by Gasteiger charge is -2.20. The molecule has 1 aromatic heterocycles. The first-order valence-corrected chi connectivity index (χ1v) is 7.94. The number of furan rings is 1. The molecule has 0 saturated carbocycles. The van der Waals surface area contributed by atoms with Crippen LogP contribution in [-0.4, -0.2) is 18.7 Å². The molecule has 6 heteroatoms. The molecule has 122 valence electrons. The van der Waals surface area contributed by atoms with Crippen LogP contribution < -0.4 is 10.2 Å². The third-order valence-electron chi connectivity index (χ3n) is 3.08. The number of hydrazone groups is 1. The fraction of sp³-hybridized carbons (Fsp3) is 0.294. The van der Waals surface area contributed by atoms with Gasteiger partial charge in [0.15, 0.2) is 6.61 Å². The molecule has 0 atom stereocenters. The molecule has 0 radical (unpaired) electrons. The maximum Gasteiger partial charge on any atom is 0.277 e. The van der Waals surface area contributed by atoms with Crippen molar-refractivity contribution in [3.05, 3.63) is 52.4 Å². The van der Waals surface area contributed by atoms with E-state index < -0.39 is 0 Å². The summed E-state index contributed by atoms with van der Waals surface area (Å²) in [6.07, 6.45) is 2.96. The van der Waals surface area contributed by atoms with E-state index in [-0.39, 0.29) is 17.9 Å². The smallest absolute Gasteiger partial charge is 0.277 e. The maximum atomic E-state index is 11.7. The van der Waals surface area contributed by atoms with Crippen molar-refractivity contribution in [1.82, 2.24) is 5.43 Å². The fourth-order valence-electron chi connectivity index (χ4n) is 1.79. The van der Waals surface area contributed by atoms with Crippen molar-refractivity contribution in [3.8, 4) is 5.75 Å². The third-order valence-corrected chi connectivity index (χ3v) is 3.70. The average Bonchev–Trinajstić information content (AvgIpc) is 2.98. The number of hydrogen-bond acceptors (Lipinski definition) is 4. The Kier molecular flexibility index (Phi) is 5.60. The average molecular weight is 379 g/mol. The molecule has 1 aromatic carbocycles. The molecule has 0 spiro atoms. The van der Waals surface area contributed by atoms with E-state index in [9.17, 15) is 4.79 Å². The molecule has 2 aromatic rings. The topological polar surface area (TPSA) is 63.8 Å². The number of benzene rings is 1. The molecule has 1 heterocycles. The Hall–Kier alpha value is -2.08. The lowest BCUT2D eigenvalue weighted by molar-refractivity contribution is -0.123. The number of rotatable bonds is 5. The van der Waals surface area contributed by atoms with E-state index in [1.54, 1.807) is 12.1 Å². The van der Waals surface area contributed by atoms with Crippen molar-refractivity contribution in [2.45, 2.75) is 26.2 Å². The standard InChI is InChI=1S/C17H19BrN2O3/c1-17(2,3)12-6-7-15(14(18)9-12)23-11-16(21)20-19-10-13-5-4-8-22-13/h4-10H,11H2,1-3H3,(H,20,21). The van der Waals surface area contributed by atoms with Crippen molar-refractivity contribution in [3.63, 3.8) is 0 Å². The maximum absolute atomic E-state index is 11.7. The first-order valence-electron chi connectivity index (χ1n) is 7.14. The first-order chi connectivity index (χ1) is 10.9. The number of carbonyl (C=O) groups excluding carboxylic acids is 1. The number of nitrogens with zero attached hydrogens (tertiary/aromatic N) is 1. The van der Waals surface area contributed by atoms with Gasteiger partial charge in [0.05, 0.1) is 17.0 Å². The minimum atomic E-state index is -0.348. The van der Waals surface area contributed by atoms with Gasteiger partial charge in [-0.2, -0.15) is 5.10 Å². The lowest BCUT2D eigenvalue weighted by atomic mass is 9.87. The highest BCUT2D eigenvalue weighted by Crippen LogP contribution is 2.31. The normalized spacial score (nSPS) is 11.7. The summed E-state index contributed by atoms with van der Waals surface area (Å²) in [5, 5.41) is 3.78. The molecule has 5 nitrogen and oxygen atoms in total. The van der Waals surface area contributed by atoms with E-state index in [0.29, 0.717) is 11.5 Å². The zero-order valence-electron chi connectivity index (χ0n) is 13.3. The second kappa shape index (κ2) is 7.46. The summed E-state index contributed by atoms with van der Waals surface area (Å²) in [6.45, 7) is 6.29. The summed E-state index contributed by atoms with van der Waals surface area (Å²) < 4.78 is 11.4. The van der Waals surface area contributed by atoms with E-state index in [4.69, 9.17) is 9.15 Å². The fourth-order valence-corrected chi connectivity index (χ4v) is 2.29. The van der Waals surface area contributed by atoms with Crippen molar-refractivity contribution in [1.29, 1.82) is 0 Å². The van der Waals surface area contributed by atoms with Crippen molar-refractivity contribution >= 4 is 28.1 Å². The Bertz CT molecular complexity index is 688. The molecule has 2 rings (SSSR count). The van der Waals surface area contributed by atoms with Gasteiger partial charge in [0, 0.05) is 0 Å². The van der Waals surface area contributed by atoms with Crippen molar-refractivity contribution in [2.24, 2.45) is 5.10 Å². The van der Waals surface area contributed by atoms with Crippen LogP contribution in [0.15, 0.2) is 50.6 Å². The summed E-state index contributed by atoms with van der Waals surface area (Å²) in [6, 6.07) is 9.32. The number of ether oxygens (including phenoxy) is 1. The molecule has 0 aliphatic carbocycles. The molecule has 0 unspecified atom stereocenters. The van der Waals surface area contributed by atoms with Crippen molar-refractivity contribution < 1.29 is 13.9 Å². The van der Waals surface area contributed by atoms with Crippen LogP contribution >= 0.6 is 15.9 Å². The predicted octanol–water partition coefficient (Wildman–Crippen LogP) is 3.87. The summed E-state index contributed by atoms with van der Waals surface area (Å²) in [4.78, 5) is 11.7. The Morgan fingerprint density at radius 3 is 2.78 bits per heavy atom. The summed E-state index contributed by atoms with van der Waals surface area (Å²) in [5.74, 6) is 0.828. The first kappa shape index (κ1) is 17.3. The van der Waals surface area contributed by atoms with Crippen LogP contribution in [0.1, 0.15) is 32.1 Å². The van der Waals surface area contributed by atoms with Crippen LogP contribution in [0.4, 0.5) is 0 Å². The highest BCUT2D eigenvalue weighted by Gasteiger charge is 2.15. The van der Waals surface area contributed by atoms with Gasteiger partial charge in [-0.05, 0) is 51.2 Å². The number of carbonyl (C=O) groups is 1. The van der Waals surface area contributed by atoms with Gasteiger partial charge in [-0.1, -0.05) is 26.8 Å². The Morgan fingerprint density at radius 1 is 1.39 bits per heavy atom. The van der Waals surface area contributed by atoms with Crippen LogP contribution in [0.5, 0.6) is 5.75 Å². The van der Waals surface area contributed by atoms with Crippen LogP contribution in [0.25, 0.3) is 0 Å². The van der Waals surface area contributed by atoms with E-state index in [2.05, 4.69) is 47.2 Å². The number of nitrogens with one attached hydrogen (secondary N) is 1. The highest BCUT2D eigenvalue weighted by molar-refractivity contribution is 9.10. The molecule has 1 amide bonds. The van der Waals surface area contributed by atoms with Gasteiger partial charge < -0.3 is 9.15 Å². The molecular weight excluding hydrogens is 360 g/mol. The van der Waals surface area contributed by atoms with E-state index >= 15 is 0 Å². The third kappa shape index (κ3) is 5.25. The monoisotopic (exact) mass is 378 g/mol. The van der Waals surface area contributed by atoms with Gasteiger partial charge in [-0.25, -0.2) is 5.43 Å². The molecular formula is C17H19BrN2O3. The largest absolute Gasteiger partial charge is 0.483 e. The molecule has 0 aliphatic heterocycles. The quantitative estimate of drug-likeness (QED) is 0.634. The number of hydrogen-bond donors (Lipinski definition) is 1. The zero-order valence-corrected chi connectivity index (χ0v) is 14.9. The van der Waals surface area contributed by atoms with E-state index in [1.165, 1.54) is 18.0 Å². The minimum Gasteiger partial charge on any atom is -0.483 e. The predicted molar refractivity (Wildman–Crippen MR) is 92.8 cm³/mol. The molecule has 0 fully saturated rings. The van der Waals surface area contributed by atoms with Crippen LogP contribution in [0.3, 0.4) is 0 Å². The van der Waals surface area contributed by atoms with Crippen LogP contribution in [0, 0.1) is 0 Å². The number of amides is 1. The summed E-state index contributed by atoms with van der Waals surface area (Å²) in [5.41, 5.74) is 3.62. The second-order valence-corrected chi connectivity index (χ2v) is 6.85. The Labute approximate surface area is 143 Å². The number of halogens is 1. The zero-order chi connectivity index (χ0) is 16.9. The Balaban J connectivity index is 1.87. The molecule has 0 saturated heterocycles. The summed E-state index contributed by atoms with van der Waals surface area (Å²) >= 11 is 3.47. The van der Waals surface area contributed by atoms with Crippen LogP contribution in [-0.2, 0) is 10.2 Å². The SMILES string of the molecule is CC(C)(C)c1ccc(OCC(=O)NN=Cc2ccco2)c(Br)c1. The van der Waals surface area contributed by atoms with Gasteiger partial charge in [-0.15, -0.1) is 0 Å². The van der Waals surface area contributed by atoms with Crippen LogP contribution in [0.2, 0.25) is 0 Å². The molecule has 0 aliphatic rings. The summed E-state index contributed by atoms with van der Waals surface area (Å²) in [7, 11) is 0. The highest BCUT2D eigenvalue weighted by atomic mass is 79.9. The lowest BCUT2D eigenvalue weighted by Crippen LogP contribution is -2.24. The van der Waals surface area contributed by atoms with Gasteiger partial charge in [0.25, 0.3) is 5.91 Å². The second-order valence-electron chi connectivity index (χ2n) is 5.99. The van der Waals surface area contributed by atoms with Gasteiger partial charge in [0.2, 0.25) is 0 Å². The van der Waals surface area contributed by atoms with E-state index in [0.717, 1.165) is 4.47 Å². The van der Waals surface area contributed by atoms with Gasteiger partial charge >= 0.3 is 0 Å². The minimum absolute atomic E-state index is 0.0546. The van der Waals surface area contributed by atoms with Gasteiger partial charge in [-0.3, -0.25) is 4.79 Å². The molecule has 0 bridgehead atoms. The molecule has 1 N–H and O–H groups in total. The Morgan fingerprint density at radius 2 is 2.17 bits per heavy atom. The van der Waals surface area contributed by atoms with E-state index in [1.807, 2.05) is 18.2 Å².